The Morgan fingerprint density at radius 2 is 1.79 bits per heavy atom. The van der Waals surface area contributed by atoms with Gasteiger partial charge in [0.15, 0.2) is 11.5 Å². The van der Waals surface area contributed by atoms with E-state index >= 15 is 0 Å². The van der Waals surface area contributed by atoms with Crippen LogP contribution >= 0.6 is 0 Å². The lowest BCUT2D eigenvalue weighted by atomic mass is 10.1. The van der Waals surface area contributed by atoms with Gasteiger partial charge in [-0.15, -0.1) is 0 Å². The van der Waals surface area contributed by atoms with Crippen molar-refractivity contribution in [2.24, 2.45) is 0 Å². The Labute approximate surface area is 168 Å². The number of rotatable bonds is 10. The van der Waals surface area contributed by atoms with Crippen molar-refractivity contribution in [3.05, 3.63) is 59.2 Å². The lowest BCUT2D eigenvalue weighted by Gasteiger charge is -2.11. The summed E-state index contributed by atoms with van der Waals surface area (Å²) in [4.78, 5) is 12.1. The Morgan fingerprint density at radius 1 is 0.964 bits per heavy atom. The van der Waals surface area contributed by atoms with Gasteiger partial charge in [-0.1, -0.05) is 38.3 Å². The van der Waals surface area contributed by atoms with E-state index < -0.39 is 5.97 Å². The Morgan fingerprint density at radius 3 is 2.50 bits per heavy atom. The molecule has 0 aliphatic rings. The number of carbonyl (C=O) groups excluding carboxylic acids is 1. The molecule has 0 aromatic heterocycles. The average Bonchev–Trinajstić information content (AvgIpc) is 2.69. The van der Waals surface area contributed by atoms with Crippen LogP contribution in [0.4, 0.5) is 0 Å². The van der Waals surface area contributed by atoms with Crippen molar-refractivity contribution in [2.45, 2.75) is 46.5 Å². The average molecular weight is 383 g/mol. The molecule has 0 radical (unpaired) electrons. The van der Waals surface area contributed by atoms with Crippen molar-refractivity contribution in [3.8, 4) is 17.2 Å². The van der Waals surface area contributed by atoms with Crippen LogP contribution in [0, 0.1) is 13.8 Å². The van der Waals surface area contributed by atoms with E-state index in [1.807, 2.05) is 44.2 Å². The van der Waals surface area contributed by atoms with Crippen molar-refractivity contribution in [3.63, 3.8) is 0 Å². The third-order valence-corrected chi connectivity index (χ3v) is 4.55. The fraction of sp³-hybridized carbons (Fsp3) is 0.375. The Bertz CT molecular complexity index is 808. The molecule has 0 saturated heterocycles. The molecule has 0 saturated carbocycles. The van der Waals surface area contributed by atoms with Gasteiger partial charge in [-0.25, -0.2) is 4.79 Å². The predicted molar refractivity (Wildman–Crippen MR) is 113 cm³/mol. The number of benzene rings is 2. The third kappa shape index (κ3) is 6.76. The monoisotopic (exact) mass is 382 g/mol. The zero-order valence-corrected chi connectivity index (χ0v) is 17.3. The first-order valence-electron chi connectivity index (χ1n) is 9.81. The zero-order valence-electron chi connectivity index (χ0n) is 17.3. The van der Waals surface area contributed by atoms with E-state index in [2.05, 4.69) is 6.92 Å². The second-order valence-electron chi connectivity index (χ2n) is 6.82. The maximum atomic E-state index is 12.1. The fourth-order valence-electron chi connectivity index (χ4n) is 2.71. The summed E-state index contributed by atoms with van der Waals surface area (Å²) < 4.78 is 16.6. The van der Waals surface area contributed by atoms with Gasteiger partial charge in [-0.05, 0) is 67.3 Å². The topological polar surface area (TPSA) is 44.8 Å². The molecule has 0 bridgehead atoms. The highest BCUT2D eigenvalue weighted by Gasteiger charge is 2.06. The van der Waals surface area contributed by atoms with Gasteiger partial charge < -0.3 is 14.2 Å². The van der Waals surface area contributed by atoms with E-state index in [1.54, 1.807) is 19.3 Å². The quantitative estimate of drug-likeness (QED) is 0.222. The maximum absolute atomic E-state index is 12.1. The highest BCUT2D eigenvalue weighted by molar-refractivity contribution is 5.88. The highest BCUT2D eigenvalue weighted by atomic mass is 16.5. The molecule has 4 nitrogen and oxygen atoms in total. The molecule has 2 aromatic carbocycles. The molecule has 0 aliphatic carbocycles. The SMILES string of the molecule is CCCCCCOc1ccc(/C=C/C(=O)Oc2ccc(C)c(C)c2)cc1OC. The summed E-state index contributed by atoms with van der Waals surface area (Å²) in [7, 11) is 1.61. The summed E-state index contributed by atoms with van der Waals surface area (Å²) in [5, 5.41) is 0. The number of aryl methyl sites for hydroxylation is 2. The third-order valence-electron chi connectivity index (χ3n) is 4.55. The van der Waals surface area contributed by atoms with E-state index in [0.29, 0.717) is 23.9 Å². The number of unbranched alkanes of at least 4 members (excludes halogenated alkanes) is 3. The Hall–Kier alpha value is -2.75. The van der Waals surface area contributed by atoms with Crippen LogP contribution in [-0.2, 0) is 4.79 Å². The van der Waals surface area contributed by atoms with Gasteiger partial charge in [0, 0.05) is 6.08 Å². The van der Waals surface area contributed by atoms with Gasteiger partial charge in [0.1, 0.15) is 5.75 Å². The number of methoxy groups -OCH3 is 1. The van der Waals surface area contributed by atoms with Gasteiger partial charge in [0.25, 0.3) is 0 Å². The van der Waals surface area contributed by atoms with Gasteiger partial charge in [-0.2, -0.15) is 0 Å². The van der Waals surface area contributed by atoms with Crippen molar-refractivity contribution in [2.75, 3.05) is 13.7 Å². The summed E-state index contributed by atoms with van der Waals surface area (Å²) in [5.41, 5.74) is 3.09. The number of hydrogen-bond donors (Lipinski definition) is 0. The molecule has 0 fully saturated rings. The van der Waals surface area contributed by atoms with E-state index in [4.69, 9.17) is 14.2 Å². The predicted octanol–water partition coefficient (Wildman–Crippen LogP) is 5.89. The molecule has 4 heteroatoms. The summed E-state index contributed by atoms with van der Waals surface area (Å²) in [6, 6.07) is 11.2. The van der Waals surface area contributed by atoms with Crippen LogP contribution in [0.2, 0.25) is 0 Å². The summed E-state index contributed by atoms with van der Waals surface area (Å²) in [6.45, 7) is 6.87. The summed E-state index contributed by atoms with van der Waals surface area (Å²) in [6.07, 6.45) is 7.75. The van der Waals surface area contributed by atoms with E-state index in [-0.39, 0.29) is 0 Å². The number of carbonyl (C=O) groups is 1. The Balaban J connectivity index is 1.94. The first-order valence-corrected chi connectivity index (χ1v) is 9.81. The molecule has 2 rings (SSSR count). The molecule has 2 aromatic rings. The van der Waals surface area contributed by atoms with E-state index in [1.165, 1.54) is 25.3 Å². The van der Waals surface area contributed by atoms with Crippen LogP contribution in [-0.4, -0.2) is 19.7 Å². The van der Waals surface area contributed by atoms with Crippen molar-refractivity contribution in [1.29, 1.82) is 0 Å². The second kappa shape index (κ2) is 11.2. The highest BCUT2D eigenvalue weighted by Crippen LogP contribution is 2.29. The summed E-state index contributed by atoms with van der Waals surface area (Å²) in [5.74, 6) is 1.50. The minimum atomic E-state index is -0.418. The van der Waals surface area contributed by atoms with Crippen LogP contribution in [0.1, 0.15) is 49.3 Å². The molecule has 0 spiro atoms. The van der Waals surface area contributed by atoms with Gasteiger partial charge in [-0.3, -0.25) is 0 Å². The normalized spacial score (nSPS) is 10.9. The first-order chi connectivity index (χ1) is 13.5. The molecule has 0 N–H and O–H groups in total. The minimum Gasteiger partial charge on any atom is -0.493 e. The second-order valence-corrected chi connectivity index (χ2v) is 6.82. The molecule has 28 heavy (non-hydrogen) atoms. The molecule has 0 amide bonds. The maximum Gasteiger partial charge on any atom is 0.336 e. The van der Waals surface area contributed by atoms with Gasteiger partial charge >= 0.3 is 5.97 Å². The smallest absolute Gasteiger partial charge is 0.336 e. The molecule has 0 aliphatic heterocycles. The van der Waals surface area contributed by atoms with E-state index in [0.717, 1.165) is 23.1 Å². The number of esters is 1. The van der Waals surface area contributed by atoms with Gasteiger partial charge in [0.05, 0.1) is 13.7 Å². The standard InChI is InChI=1S/C24H30O4/c1-5-6-7-8-15-27-22-13-10-20(17-23(22)26-4)11-14-24(25)28-21-12-9-18(2)19(3)16-21/h9-14,16-17H,5-8,15H2,1-4H3/b14-11+. The summed E-state index contributed by atoms with van der Waals surface area (Å²) >= 11 is 0. The molecular weight excluding hydrogens is 352 g/mol. The molecule has 0 atom stereocenters. The molecule has 0 unspecified atom stereocenters. The van der Waals surface area contributed by atoms with Crippen LogP contribution in [0.15, 0.2) is 42.5 Å². The zero-order chi connectivity index (χ0) is 20.4. The lowest BCUT2D eigenvalue weighted by molar-refractivity contribution is -0.128. The van der Waals surface area contributed by atoms with E-state index in [9.17, 15) is 4.79 Å². The molecule has 0 heterocycles. The molecule has 150 valence electrons. The van der Waals surface area contributed by atoms with Crippen LogP contribution in [0.25, 0.3) is 6.08 Å². The minimum absolute atomic E-state index is 0.418. The number of ether oxygens (including phenoxy) is 3. The van der Waals surface area contributed by atoms with Crippen molar-refractivity contribution >= 4 is 12.0 Å². The molecular formula is C24H30O4. The fourth-order valence-corrected chi connectivity index (χ4v) is 2.71. The largest absolute Gasteiger partial charge is 0.493 e. The Kier molecular flexibility index (Phi) is 8.60. The first kappa shape index (κ1) is 21.5. The van der Waals surface area contributed by atoms with Gasteiger partial charge in [0.2, 0.25) is 0 Å². The van der Waals surface area contributed by atoms with Crippen LogP contribution < -0.4 is 14.2 Å². The van der Waals surface area contributed by atoms with Crippen molar-refractivity contribution < 1.29 is 19.0 Å². The number of hydrogen-bond acceptors (Lipinski definition) is 4. The van der Waals surface area contributed by atoms with Crippen molar-refractivity contribution in [1.82, 2.24) is 0 Å². The lowest BCUT2D eigenvalue weighted by Crippen LogP contribution is -2.04. The van der Waals surface area contributed by atoms with Crippen LogP contribution in [0.3, 0.4) is 0 Å². The van der Waals surface area contributed by atoms with Crippen LogP contribution in [0.5, 0.6) is 17.2 Å².